The van der Waals surface area contributed by atoms with E-state index in [1.54, 1.807) is 12.1 Å². The fourth-order valence-electron chi connectivity index (χ4n) is 2.13. The zero-order valence-electron chi connectivity index (χ0n) is 12.8. The molecule has 0 unspecified atom stereocenters. The standard InChI is InChI=1S/C18H19N3O/c1-14-3-9-17(10-4-14)20-18(22)13-21(2)12-16-7-5-15(11-19)6-8-16/h3-10H,12-13H2,1-2H3,(H,20,22). The molecule has 2 rings (SSSR count). The number of carbonyl (C=O) groups excluding carboxylic acids is 1. The summed E-state index contributed by atoms with van der Waals surface area (Å²) in [5, 5.41) is 11.7. The third-order valence-corrected chi connectivity index (χ3v) is 3.28. The highest BCUT2D eigenvalue weighted by atomic mass is 16.2. The first-order valence-corrected chi connectivity index (χ1v) is 7.11. The molecule has 2 aromatic rings. The van der Waals surface area contributed by atoms with Crippen molar-refractivity contribution >= 4 is 11.6 Å². The summed E-state index contributed by atoms with van der Waals surface area (Å²) in [6.45, 7) is 2.98. The van der Waals surface area contributed by atoms with Gasteiger partial charge in [0.2, 0.25) is 5.91 Å². The Morgan fingerprint density at radius 2 is 1.77 bits per heavy atom. The van der Waals surface area contributed by atoms with Crippen LogP contribution in [0.5, 0.6) is 0 Å². The van der Waals surface area contributed by atoms with E-state index in [-0.39, 0.29) is 5.91 Å². The number of nitrogens with zero attached hydrogens (tertiary/aromatic N) is 2. The number of aryl methyl sites for hydroxylation is 1. The summed E-state index contributed by atoms with van der Waals surface area (Å²) in [5.74, 6) is -0.0417. The lowest BCUT2D eigenvalue weighted by Crippen LogP contribution is -2.29. The summed E-state index contributed by atoms with van der Waals surface area (Å²) in [6, 6.07) is 17.2. The third kappa shape index (κ3) is 4.72. The fraction of sp³-hybridized carbons (Fsp3) is 0.222. The molecule has 0 bridgehead atoms. The van der Waals surface area contributed by atoms with Gasteiger partial charge in [0.1, 0.15) is 0 Å². The highest BCUT2D eigenvalue weighted by Crippen LogP contribution is 2.09. The van der Waals surface area contributed by atoms with Gasteiger partial charge >= 0.3 is 0 Å². The highest BCUT2D eigenvalue weighted by Gasteiger charge is 2.07. The van der Waals surface area contributed by atoms with E-state index in [1.807, 2.05) is 55.3 Å². The Kier molecular flexibility index (Phi) is 5.29. The first kappa shape index (κ1) is 15.7. The second kappa shape index (κ2) is 7.39. The van der Waals surface area contributed by atoms with E-state index in [0.717, 1.165) is 16.8 Å². The van der Waals surface area contributed by atoms with Crippen LogP contribution in [0.2, 0.25) is 0 Å². The number of nitrogens with one attached hydrogen (secondary N) is 1. The molecule has 0 aromatic heterocycles. The average molecular weight is 293 g/mol. The number of likely N-dealkylation sites (N-methyl/N-ethyl adjacent to an activating group) is 1. The lowest BCUT2D eigenvalue weighted by atomic mass is 10.1. The summed E-state index contributed by atoms with van der Waals surface area (Å²) in [5.41, 5.74) is 3.69. The number of hydrogen-bond acceptors (Lipinski definition) is 3. The zero-order chi connectivity index (χ0) is 15.9. The molecule has 0 radical (unpaired) electrons. The topological polar surface area (TPSA) is 56.1 Å². The summed E-state index contributed by atoms with van der Waals surface area (Å²) >= 11 is 0. The minimum atomic E-state index is -0.0417. The Morgan fingerprint density at radius 1 is 1.14 bits per heavy atom. The second-order valence-electron chi connectivity index (χ2n) is 5.40. The first-order chi connectivity index (χ1) is 10.6. The number of anilines is 1. The molecular formula is C18H19N3O. The normalized spacial score (nSPS) is 10.3. The van der Waals surface area contributed by atoms with Crippen molar-refractivity contribution in [3.8, 4) is 6.07 Å². The smallest absolute Gasteiger partial charge is 0.238 e. The predicted octanol–water partition coefficient (Wildman–Crippen LogP) is 2.94. The molecule has 1 amide bonds. The maximum atomic E-state index is 12.0. The van der Waals surface area contributed by atoms with Crippen LogP contribution in [0.25, 0.3) is 0 Å². The van der Waals surface area contributed by atoms with E-state index in [1.165, 1.54) is 0 Å². The van der Waals surface area contributed by atoms with Gasteiger partial charge in [0.15, 0.2) is 0 Å². The van der Waals surface area contributed by atoms with E-state index in [9.17, 15) is 4.79 Å². The van der Waals surface area contributed by atoms with Crippen LogP contribution in [-0.4, -0.2) is 24.4 Å². The molecule has 2 aromatic carbocycles. The van der Waals surface area contributed by atoms with E-state index in [0.29, 0.717) is 18.7 Å². The Bertz CT molecular complexity index is 669. The van der Waals surface area contributed by atoms with Gasteiger partial charge in [-0.05, 0) is 43.8 Å². The third-order valence-electron chi connectivity index (χ3n) is 3.28. The molecule has 0 saturated heterocycles. The van der Waals surface area contributed by atoms with Gasteiger partial charge in [0, 0.05) is 12.2 Å². The molecule has 0 aliphatic rings. The molecule has 0 spiro atoms. The van der Waals surface area contributed by atoms with Gasteiger partial charge in [-0.15, -0.1) is 0 Å². The minimum absolute atomic E-state index is 0.0417. The molecule has 0 heterocycles. The molecule has 0 aliphatic carbocycles. The van der Waals surface area contributed by atoms with Gasteiger partial charge in [-0.3, -0.25) is 9.69 Å². The summed E-state index contributed by atoms with van der Waals surface area (Å²) in [4.78, 5) is 13.9. The quantitative estimate of drug-likeness (QED) is 0.922. The Labute approximate surface area is 131 Å². The van der Waals surface area contributed by atoms with Crippen LogP contribution in [-0.2, 0) is 11.3 Å². The van der Waals surface area contributed by atoms with Crippen LogP contribution in [0.15, 0.2) is 48.5 Å². The van der Waals surface area contributed by atoms with E-state index >= 15 is 0 Å². The zero-order valence-corrected chi connectivity index (χ0v) is 12.8. The number of benzene rings is 2. The van der Waals surface area contributed by atoms with Gasteiger partial charge in [-0.2, -0.15) is 5.26 Å². The molecule has 0 saturated carbocycles. The number of carbonyl (C=O) groups is 1. The monoisotopic (exact) mass is 293 g/mol. The van der Waals surface area contributed by atoms with Gasteiger partial charge in [-0.1, -0.05) is 29.8 Å². The van der Waals surface area contributed by atoms with Gasteiger partial charge in [-0.25, -0.2) is 0 Å². The van der Waals surface area contributed by atoms with Crippen molar-refractivity contribution in [2.24, 2.45) is 0 Å². The van der Waals surface area contributed by atoms with Crippen LogP contribution >= 0.6 is 0 Å². The first-order valence-electron chi connectivity index (χ1n) is 7.11. The van der Waals surface area contributed by atoms with Crippen LogP contribution in [0.4, 0.5) is 5.69 Å². The van der Waals surface area contributed by atoms with Crippen molar-refractivity contribution < 1.29 is 4.79 Å². The lowest BCUT2D eigenvalue weighted by Gasteiger charge is -2.16. The van der Waals surface area contributed by atoms with Crippen molar-refractivity contribution in [2.45, 2.75) is 13.5 Å². The van der Waals surface area contributed by atoms with Crippen molar-refractivity contribution in [1.82, 2.24) is 4.90 Å². The molecule has 0 fully saturated rings. The molecule has 4 nitrogen and oxygen atoms in total. The molecular weight excluding hydrogens is 274 g/mol. The molecule has 112 valence electrons. The van der Waals surface area contributed by atoms with Gasteiger partial charge < -0.3 is 5.32 Å². The molecule has 22 heavy (non-hydrogen) atoms. The molecule has 0 atom stereocenters. The van der Waals surface area contributed by atoms with Gasteiger partial charge in [0.25, 0.3) is 0 Å². The van der Waals surface area contributed by atoms with Crippen molar-refractivity contribution in [3.05, 3.63) is 65.2 Å². The van der Waals surface area contributed by atoms with Crippen LogP contribution in [0.1, 0.15) is 16.7 Å². The van der Waals surface area contributed by atoms with E-state index in [2.05, 4.69) is 11.4 Å². The lowest BCUT2D eigenvalue weighted by molar-refractivity contribution is -0.117. The average Bonchev–Trinajstić information content (AvgIpc) is 2.50. The van der Waals surface area contributed by atoms with E-state index in [4.69, 9.17) is 5.26 Å². The van der Waals surface area contributed by atoms with Crippen molar-refractivity contribution in [3.63, 3.8) is 0 Å². The van der Waals surface area contributed by atoms with E-state index < -0.39 is 0 Å². The van der Waals surface area contributed by atoms with Crippen LogP contribution in [0, 0.1) is 18.3 Å². The predicted molar refractivity (Wildman–Crippen MR) is 87.3 cm³/mol. The highest BCUT2D eigenvalue weighted by molar-refractivity contribution is 5.92. The van der Waals surface area contributed by atoms with Crippen molar-refractivity contribution in [1.29, 1.82) is 5.26 Å². The maximum absolute atomic E-state index is 12.0. The molecule has 1 N–H and O–H groups in total. The Morgan fingerprint density at radius 3 is 2.36 bits per heavy atom. The van der Waals surface area contributed by atoms with Crippen molar-refractivity contribution in [2.75, 3.05) is 18.9 Å². The Hall–Kier alpha value is -2.64. The number of rotatable bonds is 5. The largest absolute Gasteiger partial charge is 0.325 e. The fourth-order valence-corrected chi connectivity index (χ4v) is 2.13. The molecule has 4 heteroatoms. The van der Waals surface area contributed by atoms with Gasteiger partial charge in [0.05, 0.1) is 18.2 Å². The SMILES string of the molecule is Cc1ccc(NC(=O)CN(C)Cc2ccc(C#N)cc2)cc1. The maximum Gasteiger partial charge on any atom is 0.238 e. The number of nitriles is 1. The molecule has 0 aliphatic heterocycles. The number of hydrogen-bond donors (Lipinski definition) is 1. The summed E-state index contributed by atoms with van der Waals surface area (Å²) in [7, 11) is 1.90. The Balaban J connectivity index is 1.85. The van der Waals surface area contributed by atoms with Crippen LogP contribution < -0.4 is 5.32 Å². The minimum Gasteiger partial charge on any atom is -0.325 e. The summed E-state index contributed by atoms with van der Waals surface area (Å²) in [6.07, 6.45) is 0. The summed E-state index contributed by atoms with van der Waals surface area (Å²) < 4.78 is 0. The second-order valence-corrected chi connectivity index (χ2v) is 5.40. The van der Waals surface area contributed by atoms with Crippen LogP contribution in [0.3, 0.4) is 0 Å². The number of amides is 1.